The highest BCUT2D eigenvalue weighted by molar-refractivity contribution is 7.99. The number of aryl methyl sites for hydroxylation is 1. The summed E-state index contributed by atoms with van der Waals surface area (Å²) in [5, 5.41) is 11.3. The first-order valence-electron chi connectivity index (χ1n) is 9.48. The van der Waals surface area contributed by atoms with Crippen LogP contribution in [-0.4, -0.2) is 27.7 Å². The summed E-state index contributed by atoms with van der Waals surface area (Å²) in [5.74, 6) is -0.734. The van der Waals surface area contributed by atoms with Gasteiger partial charge in [-0.3, -0.25) is 14.4 Å². The molecule has 2 N–H and O–H groups in total. The van der Waals surface area contributed by atoms with E-state index < -0.39 is 11.3 Å². The van der Waals surface area contributed by atoms with Crippen LogP contribution in [0.2, 0.25) is 0 Å². The van der Waals surface area contributed by atoms with Gasteiger partial charge in [-0.25, -0.2) is 4.90 Å². The number of thioether (sulfide) groups is 1. The summed E-state index contributed by atoms with van der Waals surface area (Å²) in [4.78, 5) is 43.7. The predicted molar refractivity (Wildman–Crippen MR) is 116 cm³/mol. The fraction of sp³-hybridized carbons (Fsp3) is 0.227. The van der Waals surface area contributed by atoms with Crippen molar-refractivity contribution in [3.05, 3.63) is 74.2 Å². The van der Waals surface area contributed by atoms with Crippen molar-refractivity contribution in [2.75, 3.05) is 10.7 Å². The molecule has 3 aromatic rings. The van der Waals surface area contributed by atoms with Crippen LogP contribution in [-0.2, 0) is 9.59 Å². The summed E-state index contributed by atoms with van der Waals surface area (Å²) in [6.07, 6.45) is 0.0251. The molecule has 2 aromatic carbocycles. The largest absolute Gasteiger partial charge is 0.508 e. The Morgan fingerprint density at radius 1 is 1.13 bits per heavy atom. The number of imide groups is 1. The van der Waals surface area contributed by atoms with E-state index in [1.807, 2.05) is 25.1 Å². The SMILES string of the molecule is Cc1cccc(N2C(=O)CC3(CSc4[nH]c(=O)sc4C3c3ccccc3O)C2=O)c1. The van der Waals surface area contributed by atoms with Gasteiger partial charge in [0, 0.05) is 28.5 Å². The Labute approximate surface area is 180 Å². The standard InChI is InChI=1S/C22H18N2O4S2/c1-12-5-4-6-13(9-12)24-16(26)10-22(20(24)27)11-29-19-18(30-21(28)23-19)17(22)14-7-2-3-8-15(14)25/h2-9,17,25H,10-11H2,1H3,(H,23,28). The molecular weight excluding hydrogens is 420 g/mol. The highest BCUT2D eigenvalue weighted by Gasteiger charge is 2.60. The van der Waals surface area contributed by atoms with E-state index in [4.69, 9.17) is 0 Å². The number of amides is 2. The molecule has 2 atom stereocenters. The van der Waals surface area contributed by atoms with Crippen molar-refractivity contribution >= 4 is 40.6 Å². The Kier molecular flexibility index (Phi) is 4.37. The quantitative estimate of drug-likeness (QED) is 0.596. The van der Waals surface area contributed by atoms with E-state index in [0.29, 0.717) is 26.9 Å². The Bertz CT molecular complexity index is 1250. The van der Waals surface area contributed by atoms with Gasteiger partial charge in [-0.2, -0.15) is 0 Å². The number of nitrogens with one attached hydrogen (secondary N) is 1. The van der Waals surface area contributed by atoms with Crippen molar-refractivity contribution < 1.29 is 14.7 Å². The number of aromatic hydroxyl groups is 1. The van der Waals surface area contributed by atoms with E-state index in [0.717, 1.165) is 16.9 Å². The number of hydrogen-bond donors (Lipinski definition) is 2. The summed E-state index contributed by atoms with van der Waals surface area (Å²) in [6, 6.07) is 14.1. The molecule has 2 aliphatic rings. The summed E-state index contributed by atoms with van der Waals surface area (Å²) >= 11 is 2.43. The second-order valence-corrected chi connectivity index (χ2v) is 9.69. The minimum absolute atomic E-state index is 0.0251. The number of nitrogens with zero attached hydrogens (tertiary/aromatic N) is 1. The van der Waals surface area contributed by atoms with Gasteiger partial charge in [0.1, 0.15) is 5.75 Å². The third kappa shape index (κ3) is 2.74. The van der Waals surface area contributed by atoms with E-state index in [1.54, 1.807) is 30.3 Å². The van der Waals surface area contributed by atoms with Gasteiger partial charge < -0.3 is 10.1 Å². The molecule has 0 bridgehead atoms. The van der Waals surface area contributed by atoms with E-state index in [-0.39, 0.29) is 28.9 Å². The Balaban J connectivity index is 1.70. The number of H-pyrrole nitrogens is 1. The molecule has 2 amide bonds. The molecule has 152 valence electrons. The van der Waals surface area contributed by atoms with Gasteiger partial charge >= 0.3 is 4.87 Å². The first-order chi connectivity index (χ1) is 14.4. The zero-order valence-electron chi connectivity index (χ0n) is 16.0. The second-order valence-electron chi connectivity index (χ2n) is 7.69. The lowest BCUT2D eigenvalue weighted by molar-refractivity contribution is -0.125. The van der Waals surface area contributed by atoms with Crippen molar-refractivity contribution in [3.8, 4) is 5.75 Å². The lowest BCUT2D eigenvalue weighted by Crippen LogP contribution is -2.43. The average molecular weight is 439 g/mol. The normalized spacial score (nSPS) is 23.2. The third-order valence-corrected chi connectivity index (χ3v) is 8.13. The molecule has 0 saturated carbocycles. The van der Waals surface area contributed by atoms with Gasteiger partial charge in [0.2, 0.25) is 11.8 Å². The fourth-order valence-electron chi connectivity index (χ4n) is 4.46. The Morgan fingerprint density at radius 3 is 2.70 bits per heavy atom. The topological polar surface area (TPSA) is 90.5 Å². The number of benzene rings is 2. The molecule has 8 heteroatoms. The van der Waals surface area contributed by atoms with Crippen molar-refractivity contribution in [1.29, 1.82) is 0 Å². The molecule has 1 aromatic heterocycles. The average Bonchev–Trinajstić information content (AvgIpc) is 3.19. The van der Waals surface area contributed by atoms with E-state index in [1.165, 1.54) is 16.7 Å². The molecule has 0 aliphatic carbocycles. The molecule has 30 heavy (non-hydrogen) atoms. The molecule has 3 heterocycles. The van der Waals surface area contributed by atoms with E-state index >= 15 is 0 Å². The monoisotopic (exact) mass is 438 g/mol. The molecule has 2 unspecified atom stereocenters. The maximum atomic E-state index is 13.8. The highest BCUT2D eigenvalue weighted by Crippen LogP contribution is 2.58. The number of hydrogen-bond acceptors (Lipinski definition) is 6. The van der Waals surface area contributed by atoms with Crippen molar-refractivity contribution in [1.82, 2.24) is 4.98 Å². The van der Waals surface area contributed by atoms with Crippen LogP contribution in [0, 0.1) is 12.3 Å². The van der Waals surface area contributed by atoms with Gasteiger partial charge in [-0.05, 0) is 30.7 Å². The number of phenolic OH excluding ortho intramolecular Hbond substituents is 1. The lowest BCUT2D eigenvalue weighted by atomic mass is 9.70. The number of carbonyl (C=O) groups excluding carboxylic acids is 2. The van der Waals surface area contributed by atoms with Gasteiger partial charge in [0.05, 0.1) is 16.1 Å². The number of aromatic amines is 1. The lowest BCUT2D eigenvalue weighted by Gasteiger charge is -2.38. The van der Waals surface area contributed by atoms with E-state index in [9.17, 15) is 19.5 Å². The number of anilines is 1. The molecule has 1 fully saturated rings. The summed E-state index contributed by atoms with van der Waals surface area (Å²) in [6.45, 7) is 1.91. The van der Waals surface area contributed by atoms with E-state index in [2.05, 4.69) is 4.98 Å². The van der Waals surface area contributed by atoms with Crippen LogP contribution in [0.3, 0.4) is 0 Å². The molecule has 6 nitrogen and oxygen atoms in total. The van der Waals surface area contributed by atoms with Gasteiger partial charge in [0.15, 0.2) is 0 Å². The summed E-state index contributed by atoms with van der Waals surface area (Å²) in [5.41, 5.74) is 0.996. The molecule has 0 radical (unpaired) electrons. The third-order valence-electron chi connectivity index (χ3n) is 5.78. The second kappa shape index (κ2) is 6.85. The van der Waals surface area contributed by atoms with Crippen LogP contribution < -0.4 is 9.77 Å². The number of fused-ring (bicyclic) bond motifs is 1. The number of phenols is 1. The number of para-hydroxylation sites is 1. The number of thiazole rings is 1. The van der Waals surface area contributed by atoms with Crippen molar-refractivity contribution in [3.63, 3.8) is 0 Å². The van der Waals surface area contributed by atoms with Crippen LogP contribution in [0.1, 0.15) is 28.3 Å². The minimum atomic E-state index is -1.07. The van der Waals surface area contributed by atoms with Crippen molar-refractivity contribution in [2.45, 2.75) is 24.3 Å². The number of rotatable bonds is 2. The van der Waals surface area contributed by atoms with Crippen LogP contribution in [0.25, 0.3) is 0 Å². The molecule has 2 aliphatic heterocycles. The maximum Gasteiger partial charge on any atom is 0.305 e. The van der Waals surface area contributed by atoms with Crippen LogP contribution in [0.4, 0.5) is 5.69 Å². The number of aromatic nitrogens is 1. The maximum absolute atomic E-state index is 13.8. The molecule has 1 spiro atoms. The smallest absolute Gasteiger partial charge is 0.305 e. The van der Waals surface area contributed by atoms with Gasteiger partial charge in [-0.1, -0.05) is 41.7 Å². The Hall–Kier alpha value is -2.84. The first-order valence-corrected chi connectivity index (χ1v) is 11.3. The summed E-state index contributed by atoms with van der Waals surface area (Å²) in [7, 11) is 0. The van der Waals surface area contributed by atoms with Crippen LogP contribution in [0.15, 0.2) is 58.4 Å². The van der Waals surface area contributed by atoms with Gasteiger partial charge in [-0.15, -0.1) is 11.8 Å². The van der Waals surface area contributed by atoms with Gasteiger partial charge in [0.25, 0.3) is 0 Å². The molecule has 5 rings (SSSR count). The Morgan fingerprint density at radius 2 is 1.93 bits per heavy atom. The van der Waals surface area contributed by atoms with Crippen LogP contribution >= 0.6 is 23.1 Å². The summed E-state index contributed by atoms with van der Waals surface area (Å²) < 4.78 is 0. The number of carbonyl (C=O) groups is 2. The highest BCUT2D eigenvalue weighted by atomic mass is 32.2. The molecular formula is C22H18N2O4S2. The minimum Gasteiger partial charge on any atom is -0.508 e. The predicted octanol–water partition coefficient (Wildman–Crippen LogP) is 3.64. The van der Waals surface area contributed by atoms with Crippen LogP contribution in [0.5, 0.6) is 5.75 Å². The molecule has 1 saturated heterocycles. The fourth-order valence-corrected chi connectivity index (χ4v) is 7.01. The zero-order chi connectivity index (χ0) is 21.0. The zero-order valence-corrected chi connectivity index (χ0v) is 17.7. The first kappa shape index (κ1) is 19.1. The van der Waals surface area contributed by atoms with Crippen molar-refractivity contribution in [2.24, 2.45) is 5.41 Å².